The van der Waals surface area contributed by atoms with Gasteiger partial charge in [0.05, 0.1) is 22.3 Å². The summed E-state index contributed by atoms with van der Waals surface area (Å²) in [4.78, 5) is 16.9. The molecule has 0 saturated heterocycles. The van der Waals surface area contributed by atoms with Crippen LogP contribution in [0, 0.1) is 0 Å². The van der Waals surface area contributed by atoms with Crippen molar-refractivity contribution in [2.24, 2.45) is 0 Å². The van der Waals surface area contributed by atoms with Crippen LogP contribution < -0.4 is 14.8 Å². The lowest BCUT2D eigenvalue weighted by atomic mass is 10.1. The summed E-state index contributed by atoms with van der Waals surface area (Å²) in [6, 6.07) is 13.3. The van der Waals surface area contributed by atoms with Gasteiger partial charge < -0.3 is 14.8 Å². The normalized spacial score (nSPS) is 13.0. The summed E-state index contributed by atoms with van der Waals surface area (Å²) in [5.74, 6) is 0.941. The van der Waals surface area contributed by atoms with Crippen molar-refractivity contribution >= 4 is 27.5 Å². The van der Waals surface area contributed by atoms with Gasteiger partial charge in [0.25, 0.3) is 5.91 Å². The highest BCUT2D eigenvalue weighted by molar-refractivity contribution is 7.18. The Bertz CT molecular complexity index is 842. The standard InChI is InChI=1S/C17H14N2O3S/c20-17(11-4-3-6-13-16(11)22-9-8-21-13)18-10-15-19-12-5-1-2-7-14(12)23-15/h1-7H,8-10H2,(H,18,20). The van der Waals surface area contributed by atoms with Gasteiger partial charge in [0, 0.05) is 0 Å². The fraction of sp³-hybridized carbons (Fsp3) is 0.176. The molecule has 23 heavy (non-hydrogen) atoms. The van der Waals surface area contributed by atoms with Gasteiger partial charge in [-0.3, -0.25) is 4.79 Å². The van der Waals surface area contributed by atoms with Crippen molar-refractivity contribution in [3.63, 3.8) is 0 Å². The van der Waals surface area contributed by atoms with E-state index in [-0.39, 0.29) is 5.91 Å². The van der Waals surface area contributed by atoms with E-state index < -0.39 is 0 Å². The Hall–Kier alpha value is -2.60. The molecule has 0 unspecified atom stereocenters. The van der Waals surface area contributed by atoms with E-state index in [0.717, 1.165) is 15.2 Å². The smallest absolute Gasteiger partial charge is 0.255 e. The van der Waals surface area contributed by atoms with Gasteiger partial charge in [0.1, 0.15) is 18.2 Å². The zero-order valence-corrected chi connectivity index (χ0v) is 13.1. The minimum atomic E-state index is -0.188. The number of carbonyl (C=O) groups excluding carboxylic acids is 1. The van der Waals surface area contributed by atoms with Crippen LogP contribution in [0.15, 0.2) is 42.5 Å². The number of benzene rings is 2. The number of aromatic nitrogens is 1. The van der Waals surface area contributed by atoms with E-state index in [9.17, 15) is 4.79 Å². The van der Waals surface area contributed by atoms with Crippen LogP contribution in [0.25, 0.3) is 10.2 Å². The number of ether oxygens (including phenoxy) is 2. The number of para-hydroxylation sites is 2. The van der Waals surface area contributed by atoms with Crippen molar-refractivity contribution in [1.82, 2.24) is 10.3 Å². The Morgan fingerprint density at radius 2 is 2.00 bits per heavy atom. The molecule has 0 spiro atoms. The second kappa shape index (κ2) is 5.89. The highest BCUT2D eigenvalue weighted by Crippen LogP contribution is 2.33. The van der Waals surface area contributed by atoms with Crippen LogP contribution in [0.5, 0.6) is 11.5 Å². The number of amides is 1. The summed E-state index contributed by atoms with van der Waals surface area (Å²) in [6.07, 6.45) is 0. The Morgan fingerprint density at radius 1 is 1.13 bits per heavy atom. The average molecular weight is 326 g/mol. The first-order valence-electron chi connectivity index (χ1n) is 7.32. The molecule has 0 fully saturated rings. The summed E-state index contributed by atoms with van der Waals surface area (Å²) >= 11 is 1.58. The summed E-state index contributed by atoms with van der Waals surface area (Å²) in [7, 11) is 0. The maximum Gasteiger partial charge on any atom is 0.255 e. The summed E-state index contributed by atoms with van der Waals surface area (Å²) < 4.78 is 12.2. The zero-order valence-electron chi connectivity index (χ0n) is 12.2. The maximum atomic E-state index is 12.4. The van der Waals surface area contributed by atoms with E-state index >= 15 is 0 Å². The van der Waals surface area contributed by atoms with E-state index in [4.69, 9.17) is 9.47 Å². The quantitative estimate of drug-likeness (QED) is 0.804. The fourth-order valence-electron chi connectivity index (χ4n) is 2.50. The SMILES string of the molecule is O=C(NCc1nc2ccccc2s1)c1cccc2c1OCCO2. The minimum absolute atomic E-state index is 0.188. The van der Waals surface area contributed by atoms with Crippen LogP contribution in [0.3, 0.4) is 0 Å². The third-order valence-corrected chi connectivity index (χ3v) is 4.59. The molecule has 3 aromatic rings. The molecule has 116 valence electrons. The van der Waals surface area contributed by atoms with Gasteiger partial charge in [-0.2, -0.15) is 0 Å². The monoisotopic (exact) mass is 326 g/mol. The molecule has 0 atom stereocenters. The number of rotatable bonds is 3. The molecule has 1 aromatic heterocycles. The first-order valence-corrected chi connectivity index (χ1v) is 8.14. The highest BCUT2D eigenvalue weighted by Gasteiger charge is 2.20. The first-order chi connectivity index (χ1) is 11.3. The predicted octanol–water partition coefficient (Wildman–Crippen LogP) is 3.00. The molecule has 6 heteroatoms. The van der Waals surface area contributed by atoms with Gasteiger partial charge in [-0.1, -0.05) is 18.2 Å². The molecule has 0 saturated carbocycles. The second-order valence-electron chi connectivity index (χ2n) is 5.09. The van der Waals surface area contributed by atoms with Crippen LogP contribution in [0.2, 0.25) is 0 Å². The van der Waals surface area contributed by atoms with Crippen LogP contribution in [-0.4, -0.2) is 24.1 Å². The van der Waals surface area contributed by atoms with Crippen molar-refractivity contribution < 1.29 is 14.3 Å². The molecule has 2 aromatic carbocycles. The lowest BCUT2D eigenvalue weighted by molar-refractivity contribution is 0.0939. The summed E-state index contributed by atoms with van der Waals surface area (Å²) in [6.45, 7) is 1.35. The Balaban J connectivity index is 1.52. The lowest BCUT2D eigenvalue weighted by Crippen LogP contribution is -2.25. The van der Waals surface area contributed by atoms with Crippen molar-refractivity contribution in [3.8, 4) is 11.5 Å². The number of fused-ring (bicyclic) bond motifs is 2. The van der Waals surface area contributed by atoms with Crippen molar-refractivity contribution in [2.45, 2.75) is 6.54 Å². The molecule has 1 amide bonds. The summed E-state index contributed by atoms with van der Waals surface area (Å²) in [5.41, 5.74) is 1.44. The molecule has 1 N–H and O–H groups in total. The van der Waals surface area contributed by atoms with Gasteiger partial charge in [-0.15, -0.1) is 11.3 Å². The van der Waals surface area contributed by atoms with Gasteiger partial charge >= 0.3 is 0 Å². The van der Waals surface area contributed by atoms with Gasteiger partial charge in [-0.05, 0) is 24.3 Å². The fourth-order valence-corrected chi connectivity index (χ4v) is 3.41. The maximum absolute atomic E-state index is 12.4. The molecule has 0 aliphatic carbocycles. The molecule has 4 rings (SSSR count). The van der Waals surface area contributed by atoms with Gasteiger partial charge in [0.15, 0.2) is 11.5 Å². The Kier molecular flexibility index (Phi) is 3.59. The third-order valence-electron chi connectivity index (χ3n) is 3.55. The Labute approximate surface area is 136 Å². The Morgan fingerprint density at radius 3 is 2.91 bits per heavy atom. The second-order valence-corrected chi connectivity index (χ2v) is 6.20. The largest absolute Gasteiger partial charge is 0.486 e. The van der Waals surface area contributed by atoms with Crippen molar-refractivity contribution in [1.29, 1.82) is 0 Å². The van der Waals surface area contributed by atoms with E-state index in [2.05, 4.69) is 10.3 Å². The number of hydrogen-bond donors (Lipinski definition) is 1. The molecule has 1 aliphatic rings. The highest BCUT2D eigenvalue weighted by atomic mass is 32.1. The van der Waals surface area contributed by atoms with Gasteiger partial charge in [-0.25, -0.2) is 4.98 Å². The van der Waals surface area contributed by atoms with E-state index in [1.807, 2.05) is 24.3 Å². The minimum Gasteiger partial charge on any atom is -0.486 e. The van der Waals surface area contributed by atoms with Gasteiger partial charge in [0.2, 0.25) is 0 Å². The van der Waals surface area contributed by atoms with Crippen LogP contribution in [0.1, 0.15) is 15.4 Å². The first kappa shape index (κ1) is 14.0. The van der Waals surface area contributed by atoms with E-state index in [1.54, 1.807) is 29.5 Å². The van der Waals surface area contributed by atoms with Crippen molar-refractivity contribution in [3.05, 3.63) is 53.0 Å². The van der Waals surface area contributed by atoms with E-state index in [0.29, 0.717) is 36.8 Å². The van der Waals surface area contributed by atoms with Crippen LogP contribution in [-0.2, 0) is 6.54 Å². The zero-order chi connectivity index (χ0) is 15.6. The lowest BCUT2D eigenvalue weighted by Gasteiger charge is -2.20. The number of nitrogens with one attached hydrogen (secondary N) is 1. The number of hydrogen-bond acceptors (Lipinski definition) is 5. The molecular weight excluding hydrogens is 312 g/mol. The van der Waals surface area contributed by atoms with Crippen LogP contribution in [0.4, 0.5) is 0 Å². The third kappa shape index (κ3) is 2.73. The molecule has 1 aliphatic heterocycles. The van der Waals surface area contributed by atoms with Crippen LogP contribution >= 0.6 is 11.3 Å². The number of nitrogens with zero attached hydrogens (tertiary/aromatic N) is 1. The molecule has 0 radical (unpaired) electrons. The molecule has 2 heterocycles. The molecule has 5 nitrogen and oxygen atoms in total. The number of carbonyl (C=O) groups is 1. The van der Waals surface area contributed by atoms with Crippen molar-refractivity contribution in [2.75, 3.05) is 13.2 Å². The van der Waals surface area contributed by atoms with E-state index in [1.165, 1.54) is 0 Å². The number of thiazole rings is 1. The average Bonchev–Trinajstić information content (AvgIpc) is 3.02. The summed E-state index contributed by atoms with van der Waals surface area (Å²) in [5, 5.41) is 3.78. The topological polar surface area (TPSA) is 60.5 Å². The predicted molar refractivity (Wildman–Crippen MR) is 88.2 cm³/mol. The molecular formula is C17H14N2O3S. The molecule has 0 bridgehead atoms.